The van der Waals surface area contributed by atoms with E-state index in [-0.39, 0.29) is 6.04 Å². The average molecular weight is 397 g/mol. The lowest BCUT2D eigenvalue weighted by molar-refractivity contribution is 0.0636. The summed E-state index contributed by atoms with van der Waals surface area (Å²) in [6.07, 6.45) is -0.460. The third kappa shape index (κ3) is 5.55. The Morgan fingerprint density at radius 3 is 2.39 bits per heavy atom. The highest BCUT2D eigenvalue weighted by molar-refractivity contribution is 9.11. The molecule has 0 saturated heterocycles. The number of para-hydroxylation sites is 2. The van der Waals surface area contributed by atoms with Gasteiger partial charge in [0.1, 0.15) is 5.60 Å². The van der Waals surface area contributed by atoms with Gasteiger partial charge in [0.2, 0.25) is 0 Å². The molecule has 1 amide bonds. The van der Waals surface area contributed by atoms with Crippen molar-refractivity contribution in [2.45, 2.75) is 39.3 Å². The maximum absolute atomic E-state index is 12.0. The lowest BCUT2D eigenvalue weighted by atomic mass is 10.2. The molecule has 0 aliphatic heterocycles. The van der Waals surface area contributed by atoms with Crippen molar-refractivity contribution in [1.82, 2.24) is 0 Å². The summed E-state index contributed by atoms with van der Waals surface area (Å²) in [6, 6.07) is 11.8. The molecule has 1 aromatic heterocycles. The van der Waals surface area contributed by atoms with Gasteiger partial charge in [-0.05, 0) is 67.9 Å². The Balaban J connectivity index is 2.09. The van der Waals surface area contributed by atoms with Gasteiger partial charge in [-0.2, -0.15) is 0 Å². The molecule has 0 fully saturated rings. The van der Waals surface area contributed by atoms with E-state index in [0.717, 1.165) is 9.47 Å². The van der Waals surface area contributed by atoms with Gasteiger partial charge in [0.15, 0.2) is 0 Å². The summed E-state index contributed by atoms with van der Waals surface area (Å²) >= 11 is 5.16. The maximum atomic E-state index is 12.0. The number of benzene rings is 1. The Hall–Kier alpha value is -1.53. The quantitative estimate of drug-likeness (QED) is 0.662. The number of hydrogen-bond donors (Lipinski definition) is 2. The van der Waals surface area contributed by atoms with Gasteiger partial charge in [0, 0.05) is 4.88 Å². The number of rotatable bonds is 4. The lowest BCUT2D eigenvalue weighted by Crippen LogP contribution is -2.27. The Morgan fingerprint density at radius 1 is 1.17 bits per heavy atom. The molecule has 4 nitrogen and oxygen atoms in total. The molecule has 1 atom stereocenters. The van der Waals surface area contributed by atoms with Crippen molar-refractivity contribution in [3.8, 4) is 0 Å². The molecule has 0 aliphatic rings. The Kier molecular flexibility index (Phi) is 5.70. The summed E-state index contributed by atoms with van der Waals surface area (Å²) in [5, 5.41) is 6.23. The highest BCUT2D eigenvalue weighted by Gasteiger charge is 2.17. The third-order valence-electron chi connectivity index (χ3n) is 2.96. The van der Waals surface area contributed by atoms with Crippen LogP contribution in [-0.4, -0.2) is 11.7 Å². The second-order valence-corrected chi connectivity index (χ2v) is 8.67. The third-order valence-corrected chi connectivity index (χ3v) is 4.76. The van der Waals surface area contributed by atoms with Crippen LogP contribution in [0.15, 0.2) is 40.2 Å². The molecule has 23 heavy (non-hydrogen) atoms. The fraction of sp³-hybridized carbons (Fsp3) is 0.353. The number of halogens is 1. The first-order valence-electron chi connectivity index (χ1n) is 7.35. The summed E-state index contributed by atoms with van der Waals surface area (Å²) in [4.78, 5) is 13.2. The molecule has 2 N–H and O–H groups in total. The molecule has 1 heterocycles. The molecule has 0 radical (unpaired) electrons. The molecule has 6 heteroatoms. The molecular weight excluding hydrogens is 376 g/mol. The summed E-state index contributed by atoms with van der Waals surface area (Å²) in [7, 11) is 0. The lowest BCUT2D eigenvalue weighted by Gasteiger charge is -2.21. The van der Waals surface area contributed by atoms with Crippen LogP contribution in [0.25, 0.3) is 0 Å². The van der Waals surface area contributed by atoms with Crippen LogP contribution in [0.4, 0.5) is 16.2 Å². The van der Waals surface area contributed by atoms with Crippen LogP contribution in [0.5, 0.6) is 0 Å². The minimum atomic E-state index is -0.525. The van der Waals surface area contributed by atoms with E-state index in [1.165, 1.54) is 4.88 Å². The van der Waals surface area contributed by atoms with Gasteiger partial charge in [-0.15, -0.1) is 11.3 Å². The topological polar surface area (TPSA) is 50.4 Å². The SMILES string of the molecule is CC(Nc1ccccc1NC(=O)OC(C)(C)C)c1ccc(Br)s1. The largest absolute Gasteiger partial charge is 0.444 e. The van der Waals surface area contributed by atoms with Gasteiger partial charge in [-0.1, -0.05) is 12.1 Å². The van der Waals surface area contributed by atoms with Crippen molar-refractivity contribution in [3.63, 3.8) is 0 Å². The number of thiophene rings is 1. The zero-order chi connectivity index (χ0) is 17.0. The molecule has 0 bridgehead atoms. The van der Waals surface area contributed by atoms with E-state index in [4.69, 9.17) is 4.74 Å². The number of hydrogen-bond acceptors (Lipinski definition) is 4. The number of anilines is 2. The maximum Gasteiger partial charge on any atom is 0.412 e. The first kappa shape index (κ1) is 17.8. The van der Waals surface area contributed by atoms with Crippen molar-refractivity contribution >= 4 is 44.7 Å². The number of ether oxygens (including phenoxy) is 1. The van der Waals surface area contributed by atoms with Crippen LogP contribution >= 0.6 is 27.3 Å². The first-order chi connectivity index (χ1) is 10.7. The van der Waals surface area contributed by atoms with Crippen LogP contribution in [0.1, 0.15) is 38.6 Å². The van der Waals surface area contributed by atoms with Gasteiger partial charge in [0.05, 0.1) is 21.2 Å². The zero-order valence-electron chi connectivity index (χ0n) is 13.6. The molecular formula is C17H21BrN2O2S. The van der Waals surface area contributed by atoms with E-state index >= 15 is 0 Å². The van der Waals surface area contributed by atoms with E-state index in [0.29, 0.717) is 5.69 Å². The average Bonchev–Trinajstić information content (AvgIpc) is 2.85. The summed E-state index contributed by atoms with van der Waals surface area (Å²) in [6.45, 7) is 7.61. The zero-order valence-corrected chi connectivity index (χ0v) is 16.0. The summed E-state index contributed by atoms with van der Waals surface area (Å²) < 4.78 is 6.41. The second kappa shape index (κ2) is 7.36. The van der Waals surface area contributed by atoms with Crippen molar-refractivity contribution in [3.05, 3.63) is 45.1 Å². The highest BCUT2D eigenvalue weighted by atomic mass is 79.9. The molecule has 0 saturated carbocycles. The van der Waals surface area contributed by atoms with E-state index in [1.54, 1.807) is 11.3 Å². The Labute approximate surface area is 149 Å². The number of carbonyl (C=O) groups excluding carboxylic acids is 1. The number of nitrogens with one attached hydrogen (secondary N) is 2. The molecule has 2 rings (SSSR count). The first-order valence-corrected chi connectivity index (χ1v) is 8.96. The predicted molar refractivity (Wildman–Crippen MR) is 100 cm³/mol. The number of amides is 1. The molecule has 1 unspecified atom stereocenters. The molecule has 0 aliphatic carbocycles. The Morgan fingerprint density at radius 2 is 1.83 bits per heavy atom. The minimum Gasteiger partial charge on any atom is -0.444 e. The van der Waals surface area contributed by atoms with E-state index in [9.17, 15) is 4.79 Å². The fourth-order valence-corrected chi connectivity index (χ4v) is 3.42. The van der Waals surface area contributed by atoms with Crippen molar-refractivity contribution in [2.24, 2.45) is 0 Å². The van der Waals surface area contributed by atoms with Crippen LogP contribution in [0.2, 0.25) is 0 Å². The van der Waals surface area contributed by atoms with Crippen LogP contribution in [0, 0.1) is 0 Å². The smallest absolute Gasteiger partial charge is 0.412 e. The van der Waals surface area contributed by atoms with Gasteiger partial charge >= 0.3 is 6.09 Å². The standard InChI is InChI=1S/C17H21BrN2O2S/c1-11(14-9-10-15(18)23-14)19-12-7-5-6-8-13(12)20-16(21)22-17(2,3)4/h5-11,19H,1-4H3,(H,20,21). The predicted octanol–water partition coefficient (Wildman–Crippen LogP) is 6.03. The van der Waals surface area contributed by atoms with E-state index in [1.807, 2.05) is 51.1 Å². The number of carbonyl (C=O) groups is 1. The van der Waals surface area contributed by atoms with Crippen molar-refractivity contribution in [2.75, 3.05) is 10.6 Å². The van der Waals surface area contributed by atoms with E-state index < -0.39 is 11.7 Å². The van der Waals surface area contributed by atoms with Crippen LogP contribution in [0.3, 0.4) is 0 Å². The monoisotopic (exact) mass is 396 g/mol. The fourth-order valence-electron chi connectivity index (χ4n) is 2.00. The summed E-state index contributed by atoms with van der Waals surface area (Å²) in [5.41, 5.74) is 1.03. The normalized spacial score (nSPS) is 12.6. The van der Waals surface area contributed by atoms with E-state index in [2.05, 4.69) is 39.6 Å². The minimum absolute atomic E-state index is 0.132. The molecule has 124 valence electrons. The van der Waals surface area contributed by atoms with Crippen molar-refractivity contribution in [1.29, 1.82) is 0 Å². The van der Waals surface area contributed by atoms with Crippen LogP contribution in [-0.2, 0) is 4.74 Å². The van der Waals surface area contributed by atoms with Gasteiger partial charge in [-0.25, -0.2) is 4.79 Å². The molecule has 2 aromatic rings. The van der Waals surface area contributed by atoms with Gasteiger partial charge in [0.25, 0.3) is 0 Å². The second-order valence-electron chi connectivity index (χ2n) is 6.18. The molecule has 0 spiro atoms. The van der Waals surface area contributed by atoms with Gasteiger partial charge in [-0.3, -0.25) is 5.32 Å². The van der Waals surface area contributed by atoms with Crippen molar-refractivity contribution < 1.29 is 9.53 Å². The Bertz CT molecular complexity index is 679. The highest BCUT2D eigenvalue weighted by Crippen LogP contribution is 2.31. The summed E-state index contributed by atoms with van der Waals surface area (Å²) in [5.74, 6) is 0. The van der Waals surface area contributed by atoms with Gasteiger partial charge < -0.3 is 10.1 Å². The van der Waals surface area contributed by atoms with Crippen LogP contribution < -0.4 is 10.6 Å². The molecule has 1 aromatic carbocycles.